The number of hydrogen-bond donors (Lipinski definition) is 1. The van der Waals surface area contributed by atoms with E-state index >= 15 is 0 Å². The van der Waals surface area contributed by atoms with Gasteiger partial charge in [0.2, 0.25) is 6.41 Å². The van der Waals surface area contributed by atoms with E-state index in [-0.39, 0.29) is 17.5 Å². The first kappa shape index (κ1) is 13.6. The summed E-state index contributed by atoms with van der Waals surface area (Å²) in [5.41, 5.74) is 1.29. The van der Waals surface area contributed by atoms with Gasteiger partial charge in [0.25, 0.3) is 0 Å². The maximum Gasteiger partial charge on any atom is 0.326 e. The summed E-state index contributed by atoms with van der Waals surface area (Å²) in [6.07, 6.45) is 4.15. The molecule has 0 atom stereocenters. The highest BCUT2D eigenvalue weighted by atomic mass is 19.1. The number of aromatic amines is 1. The molecule has 21 heavy (non-hydrogen) atoms. The molecule has 1 N–H and O–H groups in total. The van der Waals surface area contributed by atoms with Crippen LogP contribution in [0.4, 0.5) is 4.39 Å². The largest absolute Gasteiger partial charge is 0.345 e. The Labute approximate surface area is 121 Å². The number of nitrogens with zero attached hydrogens (tertiary/aromatic N) is 2. The Hall–Kier alpha value is -2.37. The molecule has 3 rings (SSSR count). The van der Waals surface area contributed by atoms with E-state index in [1.165, 1.54) is 12.1 Å². The summed E-state index contributed by atoms with van der Waals surface area (Å²) in [5, 5.41) is 0. The van der Waals surface area contributed by atoms with Crippen molar-refractivity contribution in [3.05, 3.63) is 46.8 Å². The van der Waals surface area contributed by atoms with Crippen molar-refractivity contribution >= 4 is 6.41 Å². The molecule has 0 bridgehead atoms. The number of amides is 1. The zero-order valence-electron chi connectivity index (χ0n) is 11.5. The third-order valence-electron chi connectivity index (χ3n) is 3.94. The second kappa shape index (κ2) is 5.55. The summed E-state index contributed by atoms with van der Waals surface area (Å²) in [6, 6.07) is 6.11. The van der Waals surface area contributed by atoms with E-state index < -0.39 is 0 Å². The average molecular weight is 289 g/mol. The van der Waals surface area contributed by atoms with Crippen LogP contribution in [0.25, 0.3) is 11.3 Å². The molecule has 1 amide bonds. The zero-order valence-corrected chi connectivity index (χ0v) is 11.5. The maximum atomic E-state index is 12.9. The Morgan fingerprint density at radius 2 is 1.86 bits per heavy atom. The second-order valence-corrected chi connectivity index (χ2v) is 5.26. The molecule has 5 nitrogen and oxygen atoms in total. The van der Waals surface area contributed by atoms with Gasteiger partial charge in [-0.05, 0) is 42.7 Å². The Morgan fingerprint density at radius 1 is 1.19 bits per heavy atom. The van der Waals surface area contributed by atoms with Crippen LogP contribution in [-0.2, 0) is 4.79 Å². The van der Waals surface area contributed by atoms with Gasteiger partial charge < -0.3 is 9.88 Å². The molecule has 2 heterocycles. The number of carbonyl (C=O) groups is 1. The number of carbonyl (C=O) groups excluding carboxylic acids is 1. The molecule has 1 aliphatic rings. The van der Waals surface area contributed by atoms with Crippen molar-refractivity contribution in [3.63, 3.8) is 0 Å². The van der Waals surface area contributed by atoms with E-state index in [1.807, 2.05) is 0 Å². The van der Waals surface area contributed by atoms with E-state index in [2.05, 4.69) is 4.98 Å². The van der Waals surface area contributed by atoms with Crippen LogP contribution < -0.4 is 5.69 Å². The normalized spacial score (nSPS) is 16.1. The first-order valence-corrected chi connectivity index (χ1v) is 6.94. The van der Waals surface area contributed by atoms with Crippen molar-refractivity contribution in [2.45, 2.75) is 18.9 Å². The lowest BCUT2D eigenvalue weighted by atomic mass is 10.1. The fourth-order valence-corrected chi connectivity index (χ4v) is 2.73. The lowest BCUT2D eigenvalue weighted by molar-refractivity contribution is -0.119. The summed E-state index contributed by atoms with van der Waals surface area (Å²) in [6.45, 7) is 1.33. The lowest BCUT2D eigenvalue weighted by Gasteiger charge is -2.29. The van der Waals surface area contributed by atoms with Crippen LogP contribution in [0.1, 0.15) is 18.9 Å². The minimum absolute atomic E-state index is 0.0964. The van der Waals surface area contributed by atoms with Crippen LogP contribution in [0.15, 0.2) is 35.3 Å². The van der Waals surface area contributed by atoms with Crippen molar-refractivity contribution in [1.82, 2.24) is 14.5 Å². The molecule has 0 radical (unpaired) electrons. The van der Waals surface area contributed by atoms with Gasteiger partial charge in [0, 0.05) is 25.3 Å². The summed E-state index contributed by atoms with van der Waals surface area (Å²) in [7, 11) is 0. The molecule has 2 aromatic rings. The minimum Gasteiger partial charge on any atom is -0.345 e. The highest BCUT2D eigenvalue weighted by Gasteiger charge is 2.21. The SMILES string of the molecule is O=CN1CCC(n2cc(-c3ccc(F)cc3)[nH]c2=O)CC1. The van der Waals surface area contributed by atoms with Gasteiger partial charge in [-0.15, -0.1) is 0 Å². The third-order valence-corrected chi connectivity index (χ3v) is 3.94. The molecule has 0 saturated carbocycles. The first-order chi connectivity index (χ1) is 10.2. The van der Waals surface area contributed by atoms with Crippen molar-refractivity contribution in [2.24, 2.45) is 0 Å². The number of hydrogen-bond acceptors (Lipinski definition) is 2. The molecule has 0 spiro atoms. The Kier molecular flexibility index (Phi) is 3.60. The van der Waals surface area contributed by atoms with Gasteiger partial charge in [0.1, 0.15) is 5.82 Å². The maximum absolute atomic E-state index is 12.9. The predicted octanol–water partition coefficient (Wildman–Crippen LogP) is 1.78. The van der Waals surface area contributed by atoms with Gasteiger partial charge in [-0.25, -0.2) is 9.18 Å². The molecule has 0 aliphatic carbocycles. The molecule has 1 aromatic carbocycles. The minimum atomic E-state index is -0.304. The number of H-pyrrole nitrogens is 1. The fraction of sp³-hybridized carbons (Fsp3) is 0.333. The number of piperidine rings is 1. The van der Waals surface area contributed by atoms with Crippen LogP contribution in [0, 0.1) is 5.82 Å². The van der Waals surface area contributed by atoms with Crippen molar-refractivity contribution in [1.29, 1.82) is 0 Å². The van der Waals surface area contributed by atoms with Crippen LogP contribution in [0.2, 0.25) is 0 Å². The topological polar surface area (TPSA) is 58.1 Å². The predicted molar refractivity (Wildman–Crippen MR) is 76.4 cm³/mol. The van der Waals surface area contributed by atoms with Crippen molar-refractivity contribution in [3.8, 4) is 11.3 Å². The number of likely N-dealkylation sites (tertiary alicyclic amines) is 1. The quantitative estimate of drug-likeness (QED) is 0.876. The molecular formula is C15H16FN3O2. The van der Waals surface area contributed by atoms with Gasteiger partial charge in [-0.2, -0.15) is 0 Å². The summed E-state index contributed by atoms with van der Waals surface area (Å²) < 4.78 is 14.6. The van der Waals surface area contributed by atoms with Crippen molar-refractivity contribution < 1.29 is 9.18 Å². The highest BCUT2D eigenvalue weighted by molar-refractivity contribution is 5.57. The molecule has 1 fully saturated rings. The first-order valence-electron chi connectivity index (χ1n) is 6.94. The van der Waals surface area contributed by atoms with Gasteiger partial charge >= 0.3 is 5.69 Å². The highest BCUT2D eigenvalue weighted by Crippen LogP contribution is 2.23. The number of benzene rings is 1. The molecule has 1 aliphatic heterocycles. The average Bonchev–Trinajstić information content (AvgIpc) is 2.90. The van der Waals surface area contributed by atoms with Crippen molar-refractivity contribution in [2.75, 3.05) is 13.1 Å². The standard InChI is InChI=1S/C15H16FN3O2/c16-12-3-1-11(2-4-12)14-9-19(15(21)17-14)13-5-7-18(10-20)8-6-13/h1-4,9-10,13H,5-8H2,(H,17,21). The summed E-state index contributed by atoms with van der Waals surface area (Å²) in [4.78, 5) is 27.3. The number of nitrogens with one attached hydrogen (secondary N) is 1. The van der Waals surface area contributed by atoms with Gasteiger partial charge in [0.05, 0.1) is 5.69 Å². The van der Waals surface area contributed by atoms with E-state index in [9.17, 15) is 14.0 Å². The number of halogens is 1. The molecular weight excluding hydrogens is 273 g/mol. The molecule has 6 heteroatoms. The van der Waals surface area contributed by atoms with Crippen LogP contribution >= 0.6 is 0 Å². The van der Waals surface area contributed by atoms with Crippen LogP contribution in [0.5, 0.6) is 0 Å². The van der Waals surface area contributed by atoms with Crippen LogP contribution in [0.3, 0.4) is 0 Å². The Balaban J connectivity index is 1.83. The lowest BCUT2D eigenvalue weighted by Crippen LogP contribution is -2.35. The smallest absolute Gasteiger partial charge is 0.326 e. The zero-order chi connectivity index (χ0) is 14.8. The van der Waals surface area contributed by atoms with Gasteiger partial charge in [0.15, 0.2) is 0 Å². The molecule has 1 saturated heterocycles. The van der Waals surface area contributed by atoms with E-state index in [0.29, 0.717) is 18.8 Å². The number of imidazole rings is 1. The molecule has 0 unspecified atom stereocenters. The van der Waals surface area contributed by atoms with Gasteiger partial charge in [-0.3, -0.25) is 9.36 Å². The number of aromatic nitrogens is 2. The summed E-state index contributed by atoms with van der Waals surface area (Å²) in [5.74, 6) is -0.304. The van der Waals surface area contributed by atoms with Crippen LogP contribution in [-0.4, -0.2) is 34.0 Å². The fourth-order valence-electron chi connectivity index (χ4n) is 2.73. The number of rotatable bonds is 3. The third kappa shape index (κ3) is 2.74. The monoisotopic (exact) mass is 289 g/mol. The van der Waals surface area contributed by atoms with E-state index in [4.69, 9.17) is 0 Å². The van der Waals surface area contributed by atoms with E-state index in [1.54, 1.807) is 27.8 Å². The molecule has 1 aromatic heterocycles. The second-order valence-electron chi connectivity index (χ2n) is 5.26. The van der Waals surface area contributed by atoms with E-state index in [0.717, 1.165) is 24.8 Å². The molecule has 110 valence electrons. The Bertz CT molecular complexity index is 682. The van der Waals surface area contributed by atoms with Gasteiger partial charge in [-0.1, -0.05) is 0 Å². The summed E-state index contributed by atoms with van der Waals surface area (Å²) >= 11 is 0. The Morgan fingerprint density at radius 3 is 2.48 bits per heavy atom.